The van der Waals surface area contributed by atoms with Gasteiger partial charge in [0.2, 0.25) is 0 Å². The SMILES string of the molecule is CN1CCN(C)C(CNS(=O)(=O)c2scnc2C(=O)O)C1. The molecule has 0 amide bonds. The smallest absolute Gasteiger partial charge is 0.356 e. The number of likely N-dealkylation sites (N-methyl/N-ethyl adjacent to an activating group) is 2. The quantitative estimate of drug-likeness (QED) is 0.739. The molecule has 2 N–H and O–H groups in total. The van der Waals surface area contributed by atoms with Crippen molar-refractivity contribution in [2.75, 3.05) is 40.3 Å². The van der Waals surface area contributed by atoms with E-state index in [0.29, 0.717) is 0 Å². The summed E-state index contributed by atoms with van der Waals surface area (Å²) in [4.78, 5) is 18.8. The van der Waals surface area contributed by atoms with E-state index in [1.807, 2.05) is 14.1 Å². The second kappa shape index (κ2) is 6.36. The highest BCUT2D eigenvalue weighted by Crippen LogP contribution is 2.20. The molecule has 2 rings (SSSR count). The van der Waals surface area contributed by atoms with Crippen molar-refractivity contribution < 1.29 is 18.3 Å². The molecule has 0 spiro atoms. The molecule has 1 fully saturated rings. The predicted octanol–water partition coefficient (Wildman–Crippen LogP) is -0.635. The van der Waals surface area contributed by atoms with Gasteiger partial charge in [0.15, 0.2) is 9.90 Å². The number of hydrogen-bond donors (Lipinski definition) is 2. The highest BCUT2D eigenvalue weighted by Gasteiger charge is 2.28. The lowest BCUT2D eigenvalue weighted by atomic mass is 10.2. The van der Waals surface area contributed by atoms with Gasteiger partial charge in [0.25, 0.3) is 10.0 Å². The number of carboxylic acids is 1. The average molecular weight is 334 g/mol. The molecule has 0 bridgehead atoms. The first-order chi connectivity index (χ1) is 9.81. The summed E-state index contributed by atoms with van der Waals surface area (Å²) in [5.41, 5.74) is 0.792. The molecular weight excluding hydrogens is 316 g/mol. The number of aromatic nitrogens is 1. The zero-order valence-electron chi connectivity index (χ0n) is 11.8. The van der Waals surface area contributed by atoms with E-state index in [9.17, 15) is 13.2 Å². The summed E-state index contributed by atoms with van der Waals surface area (Å²) >= 11 is 0.806. The van der Waals surface area contributed by atoms with Gasteiger partial charge in [-0.25, -0.2) is 22.9 Å². The second-order valence-electron chi connectivity index (χ2n) is 5.04. The van der Waals surface area contributed by atoms with Gasteiger partial charge in [-0.05, 0) is 14.1 Å². The van der Waals surface area contributed by atoms with Gasteiger partial charge in [0.1, 0.15) is 0 Å². The van der Waals surface area contributed by atoms with Crippen LogP contribution in [0.3, 0.4) is 0 Å². The Morgan fingerprint density at radius 3 is 2.90 bits per heavy atom. The fourth-order valence-electron chi connectivity index (χ4n) is 2.16. The fraction of sp³-hybridized carbons (Fsp3) is 0.636. The number of carbonyl (C=O) groups is 1. The van der Waals surface area contributed by atoms with Crippen molar-refractivity contribution in [1.29, 1.82) is 0 Å². The molecule has 2 heterocycles. The summed E-state index contributed by atoms with van der Waals surface area (Å²) in [5, 5.41) is 8.95. The van der Waals surface area contributed by atoms with E-state index in [0.717, 1.165) is 31.0 Å². The fourth-order valence-corrected chi connectivity index (χ4v) is 4.42. The number of aromatic carboxylic acids is 1. The third kappa shape index (κ3) is 3.77. The Morgan fingerprint density at radius 1 is 1.52 bits per heavy atom. The van der Waals surface area contributed by atoms with Crippen molar-refractivity contribution in [3.63, 3.8) is 0 Å². The van der Waals surface area contributed by atoms with Gasteiger partial charge in [0, 0.05) is 32.2 Å². The lowest BCUT2D eigenvalue weighted by Gasteiger charge is -2.37. The van der Waals surface area contributed by atoms with E-state index >= 15 is 0 Å². The first-order valence-electron chi connectivity index (χ1n) is 6.36. The monoisotopic (exact) mass is 334 g/mol. The van der Waals surface area contributed by atoms with Gasteiger partial charge < -0.3 is 10.0 Å². The first-order valence-corrected chi connectivity index (χ1v) is 8.73. The minimum atomic E-state index is -3.85. The molecule has 1 aromatic rings. The number of rotatable bonds is 5. The molecule has 118 valence electrons. The van der Waals surface area contributed by atoms with Crippen molar-refractivity contribution in [1.82, 2.24) is 19.5 Å². The van der Waals surface area contributed by atoms with E-state index in [4.69, 9.17) is 5.11 Å². The van der Waals surface area contributed by atoms with Crippen LogP contribution in [0.5, 0.6) is 0 Å². The molecule has 1 saturated heterocycles. The third-order valence-electron chi connectivity index (χ3n) is 3.47. The molecule has 1 atom stereocenters. The number of hydrogen-bond acceptors (Lipinski definition) is 7. The van der Waals surface area contributed by atoms with Crippen LogP contribution < -0.4 is 4.72 Å². The van der Waals surface area contributed by atoms with Crippen molar-refractivity contribution in [2.45, 2.75) is 10.3 Å². The van der Waals surface area contributed by atoms with Crippen molar-refractivity contribution >= 4 is 27.3 Å². The van der Waals surface area contributed by atoms with Crippen molar-refractivity contribution in [2.24, 2.45) is 0 Å². The van der Waals surface area contributed by atoms with E-state index in [-0.39, 0.29) is 16.8 Å². The van der Waals surface area contributed by atoms with Gasteiger partial charge in [-0.1, -0.05) is 0 Å². The molecule has 0 aliphatic carbocycles. The number of carboxylic acid groups (broad SMARTS) is 1. The molecule has 1 unspecified atom stereocenters. The summed E-state index contributed by atoms with van der Waals surface area (Å²) in [6.07, 6.45) is 0. The number of thiazole rings is 1. The molecule has 10 heteroatoms. The van der Waals surface area contributed by atoms with Gasteiger partial charge in [0.05, 0.1) is 5.51 Å². The minimum Gasteiger partial charge on any atom is -0.476 e. The standard InChI is InChI=1S/C11H18N4O4S2/c1-14-3-4-15(2)8(6-14)5-13-21(18,19)11-9(10(16)17)12-7-20-11/h7-8,13H,3-6H2,1-2H3,(H,16,17). The first kappa shape index (κ1) is 16.3. The Bertz CT molecular complexity index is 615. The topological polar surface area (TPSA) is 103 Å². The Labute approximate surface area is 127 Å². The van der Waals surface area contributed by atoms with E-state index in [1.165, 1.54) is 5.51 Å². The van der Waals surface area contributed by atoms with E-state index in [2.05, 4.69) is 19.5 Å². The summed E-state index contributed by atoms with van der Waals surface area (Å²) in [6, 6.07) is 0.0553. The molecule has 1 aliphatic heterocycles. The summed E-state index contributed by atoms with van der Waals surface area (Å²) in [5.74, 6) is -1.34. The van der Waals surface area contributed by atoms with Crippen molar-refractivity contribution in [3.05, 3.63) is 11.2 Å². The molecular formula is C11H18N4O4S2. The Hall–Kier alpha value is -1.07. The van der Waals surface area contributed by atoms with Crippen LogP contribution in [-0.2, 0) is 10.0 Å². The minimum absolute atomic E-state index is 0.0553. The highest BCUT2D eigenvalue weighted by atomic mass is 32.2. The number of sulfonamides is 1. The van der Waals surface area contributed by atoms with Gasteiger partial charge in [-0.3, -0.25) is 4.90 Å². The van der Waals surface area contributed by atoms with Gasteiger partial charge in [-0.2, -0.15) is 0 Å². The molecule has 8 nitrogen and oxygen atoms in total. The molecule has 0 saturated carbocycles. The van der Waals surface area contributed by atoms with Crippen molar-refractivity contribution in [3.8, 4) is 0 Å². The largest absolute Gasteiger partial charge is 0.476 e. The third-order valence-corrected chi connectivity index (χ3v) is 6.26. The van der Waals surface area contributed by atoms with Crippen LogP contribution in [0.1, 0.15) is 10.5 Å². The van der Waals surface area contributed by atoms with Crippen LogP contribution in [0, 0.1) is 0 Å². The zero-order valence-corrected chi connectivity index (χ0v) is 13.4. The molecule has 1 aromatic heterocycles. The molecule has 0 aromatic carbocycles. The highest BCUT2D eigenvalue weighted by molar-refractivity contribution is 7.91. The maximum absolute atomic E-state index is 12.2. The van der Waals surface area contributed by atoms with Gasteiger partial charge in [-0.15, -0.1) is 11.3 Å². The lowest BCUT2D eigenvalue weighted by Crippen LogP contribution is -2.54. The summed E-state index contributed by atoms with van der Waals surface area (Å²) < 4.78 is 26.7. The van der Waals surface area contributed by atoms with Crippen LogP contribution in [0.2, 0.25) is 0 Å². The van der Waals surface area contributed by atoms with Crippen LogP contribution in [-0.4, -0.2) is 80.6 Å². The summed E-state index contributed by atoms with van der Waals surface area (Å²) in [7, 11) is 0.0792. The maximum Gasteiger partial charge on any atom is 0.356 e. The lowest BCUT2D eigenvalue weighted by molar-refractivity contribution is 0.0687. The van der Waals surface area contributed by atoms with Crippen LogP contribution in [0.4, 0.5) is 0 Å². The average Bonchev–Trinajstić information content (AvgIpc) is 2.90. The Morgan fingerprint density at radius 2 is 2.24 bits per heavy atom. The molecule has 0 radical (unpaired) electrons. The summed E-state index contributed by atoms with van der Waals surface area (Å²) in [6.45, 7) is 2.80. The number of piperazine rings is 1. The number of nitrogens with zero attached hydrogens (tertiary/aromatic N) is 3. The van der Waals surface area contributed by atoms with Crippen LogP contribution >= 0.6 is 11.3 Å². The molecule has 21 heavy (non-hydrogen) atoms. The Balaban J connectivity index is 2.07. The van der Waals surface area contributed by atoms with E-state index in [1.54, 1.807) is 0 Å². The number of nitrogens with one attached hydrogen (secondary N) is 1. The van der Waals surface area contributed by atoms with E-state index < -0.39 is 21.7 Å². The normalized spacial score (nSPS) is 21.5. The van der Waals surface area contributed by atoms with Gasteiger partial charge >= 0.3 is 5.97 Å². The van der Waals surface area contributed by atoms with Crippen LogP contribution in [0.25, 0.3) is 0 Å². The molecule has 1 aliphatic rings. The maximum atomic E-state index is 12.2. The predicted molar refractivity (Wildman–Crippen MR) is 78.2 cm³/mol. The zero-order chi connectivity index (χ0) is 15.6. The second-order valence-corrected chi connectivity index (χ2v) is 7.86. The Kier molecular flexibility index (Phi) is 4.94. The van der Waals surface area contributed by atoms with Crippen LogP contribution in [0.15, 0.2) is 9.72 Å².